The van der Waals surface area contributed by atoms with E-state index in [0.29, 0.717) is 53.5 Å². The second-order valence-corrected chi connectivity index (χ2v) is 10.2. The first kappa shape index (κ1) is 30.5. The van der Waals surface area contributed by atoms with E-state index in [1.54, 1.807) is 61.3 Å². The summed E-state index contributed by atoms with van der Waals surface area (Å²) in [5, 5.41) is 6.39. The van der Waals surface area contributed by atoms with Crippen molar-refractivity contribution in [3.8, 4) is 22.9 Å². The van der Waals surface area contributed by atoms with Gasteiger partial charge < -0.3 is 24.8 Å². The smallest absolute Gasteiger partial charge is 0.284 e. The number of benzene rings is 3. The topological polar surface area (TPSA) is 109 Å². The first-order valence-corrected chi connectivity index (χ1v) is 14.2. The van der Waals surface area contributed by atoms with Crippen LogP contribution in [0.4, 0.5) is 10.1 Å². The lowest BCUT2D eigenvalue weighted by Gasteiger charge is -2.19. The number of likely N-dealkylation sites (N-methyl/N-ethyl adjacent to an activating group) is 1. The highest BCUT2D eigenvalue weighted by Gasteiger charge is 2.25. The molecule has 44 heavy (non-hydrogen) atoms. The van der Waals surface area contributed by atoms with Gasteiger partial charge in [-0.1, -0.05) is 18.2 Å². The molecule has 228 valence electrons. The van der Waals surface area contributed by atoms with Crippen LogP contribution in [0.25, 0.3) is 16.6 Å². The van der Waals surface area contributed by atoms with E-state index in [0.717, 1.165) is 6.07 Å². The minimum Gasteiger partial charge on any atom is -0.497 e. The van der Waals surface area contributed by atoms with Gasteiger partial charge in [0.25, 0.3) is 11.5 Å². The highest BCUT2D eigenvalue weighted by molar-refractivity contribution is 6.05. The monoisotopic (exact) mass is 599 g/mol. The zero-order valence-corrected chi connectivity index (χ0v) is 25.0. The minimum absolute atomic E-state index is 0.0349. The summed E-state index contributed by atoms with van der Waals surface area (Å²) in [6.07, 6.45) is 1.33. The average Bonchev–Trinajstić information content (AvgIpc) is 3.27. The second kappa shape index (κ2) is 13.5. The first-order chi connectivity index (χ1) is 21.3. The number of pyridine rings is 1. The number of hydrogen-bond donors (Lipinski definition) is 2. The summed E-state index contributed by atoms with van der Waals surface area (Å²) in [6.45, 7) is 5.14. The van der Waals surface area contributed by atoms with Crippen molar-refractivity contribution in [1.82, 2.24) is 19.7 Å². The summed E-state index contributed by atoms with van der Waals surface area (Å²) in [5.41, 5.74) is 1.34. The molecule has 3 aromatic carbocycles. The number of methoxy groups -OCH3 is 1. The highest BCUT2D eigenvalue weighted by atomic mass is 19.1. The van der Waals surface area contributed by atoms with Gasteiger partial charge in [-0.2, -0.15) is 0 Å². The maximum atomic E-state index is 15.2. The molecule has 0 aliphatic carbocycles. The van der Waals surface area contributed by atoms with Crippen LogP contribution >= 0.6 is 0 Å². The van der Waals surface area contributed by atoms with Crippen molar-refractivity contribution in [2.75, 3.05) is 32.6 Å². The van der Waals surface area contributed by atoms with Crippen molar-refractivity contribution in [3.63, 3.8) is 0 Å². The molecule has 0 fully saturated rings. The van der Waals surface area contributed by atoms with E-state index < -0.39 is 17.3 Å². The standard InChI is InChI=1S/C33H34FN5O5/c1-21(43-17-16-35-3)20-38-22(2)31(33(41)39(38)24-8-6-5-7-9-24)32(40)37-23-10-13-30(27(34)18-23)44-29-14-15-36-28-19-25(42-4)11-12-26(28)29/h5-15,18-19,21,35H,16-17,20H2,1-4H3,(H,37,40). The number of halogens is 1. The number of nitrogens with zero attached hydrogens (tertiary/aromatic N) is 3. The van der Waals surface area contributed by atoms with E-state index >= 15 is 4.39 Å². The van der Waals surface area contributed by atoms with Crippen molar-refractivity contribution in [2.24, 2.45) is 0 Å². The lowest BCUT2D eigenvalue weighted by atomic mass is 10.2. The highest BCUT2D eigenvalue weighted by Crippen LogP contribution is 2.33. The number of aromatic nitrogens is 3. The van der Waals surface area contributed by atoms with E-state index in [2.05, 4.69) is 15.6 Å². The van der Waals surface area contributed by atoms with Crippen molar-refractivity contribution < 1.29 is 23.4 Å². The molecule has 0 bridgehead atoms. The Balaban J connectivity index is 1.40. The Morgan fingerprint density at radius 3 is 2.57 bits per heavy atom. The number of carbonyl (C=O) groups excluding carboxylic acids is 1. The zero-order chi connectivity index (χ0) is 31.2. The molecular weight excluding hydrogens is 565 g/mol. The second-order valence-electron chi connectivity index (χ2n) is 10.2. The molecule has 0 saturated carbocycles. The Bertz CT molecular complexity index is 1840. The molecule has 2 heterocycles. The summed E-state index contributed by atoms with van der Waals surface area (Å²) in [7, 11) is 3.41. The number of rotatable bonds is 12. The predicted molar refractivity (Wildman–Crippen MR) is 167 cm³/mol. The Labute approximate surface area is 254 Å². The average molecular weight is 600 g/mol. The van der Waals surface area contributed by atoms with Gasteiger partial charge in [-0.25, -0.2) is 9.07 Å². The van der Waals surface area contributed by atoms with E-state index in [9.17, 15) is 9.59 Å². The molecule has 1 unspecified atom stereocenters. The molecule has 5 rings (SSSR count). The van der Waals surface area contributed by atoms with Crippen LogP contribution in [0.15, 0.2) is 83.8 Å². The van der Waals surface area contributed by atoms with Gasteiger partial charge in [-0.3, -0.25) is 19.3 Å². The van der Waals surface area contributed by atoms with Gasteiger partial charge in [0.1, 0.15) is 17.1 Å². The van der Waals surface area contributed by atoms with Gasteiger partial charge in [0.2, 0.25) is 0 Å². The van der Waals surface area contributed by atoms with E-state index in [1.807, 2.05) is 32.2 Å². The number of ether oxygens (including phenoxy) is 3. The lowest BCUT2D eigenvalue weighted by molar-refractivity contribution is 0.0526. The zero-order valence-electron chi connectivity index (χ0n) is 25.0. The number of nitrogens with one attached hydrogen (secondary N) is 2. The SMILES string of the molecule is CNCCOC(C)Cn1c(C)c(C(=O)Nc2ccc(Oc3ccnc4cc(OC)ccc34)c(F)c2)c(=O)n1-c1ccccc1. The van der Waals surface area contributed by atoms with Gasteiger partial charge in [-0.05, 0) is 63.4 Å². The van der Waals surface area contributed by atoms with Crippen LogP contribution in [0.1, 0.15) is 23.0 Å². The van der Waals surface area contributed by atoms with Gasteiger partial charge in [0, 0.05) is 35.9 Å². The summed E-state index contributed by atoms with van der Waals surface area (Å²) < 4.78 is 35.4. The molecule has 0 spiro atoms. The van der Waals surface area contributed by atoms with Crippen LogP contribution in [-0.4, -0.2) is 53.7 Å². The molecule has 0 radical (unpaired) electrons. The molecule has 0 aliphatic rings. The molecule has 10 nitrogen and oxygen atoms in total. The number of carbonyl (C=O) groups is 1. The molecule has 2 N–H and O–H groups in total. The molecule has 1 amide bonds. The Morgan fingerprint density at radius 1 is 1.05 bits per heavy atom. The fourth-order valence-electron chi connectivity index (χ4n) is 4.90. The van der Waals surface area contributed by atoms with Gasteiger partial charge in [-0.15, -0.1) is 0 Å². The molecule has 2 aromatic heterocycles. The molecule has 0 aliphatic heterocycles. The fraction of sp³-hybridized carbons (Fsp3) is 0.242. The minimum atomic E-state index is -0.690. The third-order valence-corrected chi connectivity index (χ3v) is 7.13. The Kier molecular flexibility index (Phi) is 9.37. The Morgan fingerprint density at radius 2 is 1.84 bits per heavy atom. The van der Waals surface area contributed by atoms with Crippen LogP contribution in [0, 0.1) is 12.7 Å². The third-order valence-electron chi connectivity index (χ3n) is 7.13. The van der Waals surface area contributed by atoms with Gasteiger partial charge in [0.05, 0.1) is 43.3 Å². The first-order valence-electron chi connectivity index (χ1n) is 14.2. The molecule has 1 atom stereocenters. The maximum Gasteiger partial charge on any atom is 0.284 e. The summed E-state index contributed by atoms with van der Waals surface area (Å²) >= 11 is 0. The maximum absolute atomic E-state index is 15.2. The number of fused-ring (bicyclic) bond motifs is 1. The normalized spacial score (nSPS) is 11.8. The number of para-hydroxylation sites is 1. The van der Waals surface area contributed by atoms with E-state index in [1.165, 1.54) is 16.8 Å². The summed E-state index contributed by atoms with van der Waals surface area (Å²) in [4.78, 5) is 31.5. The largest absolute Gasteiger partial charge is 0.497 e. The van der Waals surface area contributed by atoms with Crippen molar-refractivity contribution in [2.45, 2.75) is 26.5 Å². The number of hydrogen-bond acceptors (Lipinski definition) is 7. The van der Waals surface area contributed by atoms with Crippen molar-refractivity contribution >= 4 is 22.5 Å². The van der Waals surface area contributed by atoms with E-state index in [4.69, 9.17) is 14.2 Å². The van der Waals surface area contributed by atoms with Crippen LogP contribution < -0.4 is 25.7 Å². The number of anilines is 1. The van der Waals surface area contributed by atoms with Crippen LogP contribution in [0.2, 0.25) is 0 Å². The van der Waals surface area contributed by atoms with Crippen LogP contribution in [0.3, 0.4) is 0 Å². The molecule has 11 heteroatoms. The van der Waals surface area contributed by atoms with E-state index in [-0.39, 0.29) is 23.1 Å². The molecule has 5 aromatic rings. The van der Waals surface area contributed by atoms with Crippen molar-refractivity contribution in [3.05, 3.63) is 106 Å². The fourth-order valence-corrected chi connectivity index (χ4v) is 4.90. The lowest BCUT2D eigenvalue weighted by Crippen LogP contribution is -2.29. The molecular formula is C33H34FN5O5. The summed E-state index contributed by atoms with van der Waals surface area (Å²) in [6, 6.07) is 20.1. The Hall–Kier alpha value is -5.00. The van der Waals surface area contributed by atoms with Crippen LogP contribution in [0.5, 0.6) is 17.2 Å². The molecule has 0 saturated heterocycles. The number of amides is 1. The van der Waals surface area contributed by atoms with Crippen molar-refractivity contribution in [1.29, 1.82) is 0 Å². The predicted octanol–water partition coefficient (Wildman–Crippen LogP) is 5.31. The third kappa shape index (κ3) is 6.48. The summed E-state index contributed by atoms with van der Waals surface area (Å²) in [5.74, 6) is -0.322. The van der Waals surface area contributed by atoms with Gasteiger partial charge >= 0.3 is 0 Å². The quantitative estimate of drug-likeness (QED) is 0.187. The van der Waals surface area contributed by atoms with Crippen LogP contribution in [-0.2, 0) is 11.3 Å². The van der Waals surface area contributed by atoms with Gasteiger partial charge in [0.15, 0.2) is 11.6 Å².